The molecule has 0 aromatic carbocycles. The molecule has 0 saturated heterocycles. The van der Waals surface area contributed by atoms with Crippen LogP contribution >= 0.6 is 7.59 Å². The Morgan fingerprint density at radius 3 is 1.85 bits per heavy atom. The van der Waals surface area contributed by atoms with E-state index in [9.17, 15) is 4.57 Å². The molecule has 4 N–H and O–H groups in total. The van der Waals surface area contributed by atoms with Gasteiger partial charge in [0.2, 0.25) is 0 Å². The monoisotopic (exact) mass is 207 g/mol. The van der Waals surface area contributed by atoms with Crippen LogP contribution in [0.2, 0.25) is 0 Å². The van der Waals surface area contributed by atoms with Crippen LogP contribution in [0.3, 0.4) is 0 Å². The molecule has 0 aliphatic rings. The molecule has 0 amide bonds. The molecule has 0 aromatic rings. The van der Waals surface area contributed by atoms with E-state index in [1.807, 2.05) is 0 Å². The number of rotatable bonds is 7. The van der Waals surface area contributed by atoms with Crippen molar-refractivity contribution in [1.29, 1.82) is 0 Å². The molecular weight excluding hydrogens is 193 g/mol. The van der Waals surface area contributed by atoms with E-state index in [1.165, 1.54) is 12.2 Å². The first-order chi connectivity index (χ1) is 6.02. The van der Waals surface area contributed by atoms with Crippen LogP contribution in [0, 0.1) is 0 Å². The molecule has 0 radical (unpaired) electrons. The molecule has 0 spiro atoms. The number of nitrogens with two attached hydrogens (primary N) is 2. The smallest absolute Gasteiger partial charge is 0.267 e. The third-order valence-electron chi connectivity index (χ3n) is 0.861. The third kappa shape index (κ3) is 5.70. The minimum Gasteiger partial charge on any atom is -0.267 e. The van der Waals surface area contributed by atoms with Gasteiger partial charge in [0.15, 0.2) is 0 Å². The van der Waals surface area contributed by atoms with Crippen molar-refractivity contribution in [2.45, 2.75) is 0 Å². The Bertz CT molecular complexity index is 203. The first-order valence-corrected chi connectivity index (χ1v) is 5.27. The third-order valence-corrected chi connectivity index (χ3v) is 1.60. The van der Waals surface area contributed by atoms with Gasteiger partial charge in [0.05, 0.1) is 13.2 Å². The van der Waals surface area contributed by atoms with E-state index in [2.05, 4.69) is 13.2 Å². The Balaban J connectivity index is 4.10. The first kappa shape index (κ1) is 12.5. The molecule has 0 atom stereocenters. The Morgan fingerprint density at radius 1 is 1.23 bits per heavy atom. The van der Waals surface area contributed by atoms with Gasteiger partial charge in [-0.2, -0.15) is 0 Å². The van der Waals surface area contributed by atoms with Crippen LogP contribution in [0.1, 0.15) is 0 Å². The van der Waals surface area contributed by atoms with Crippen molar-refractivity contribution in [3.63, 3.8) is 0 Å². The zero-order valence-electron chi connectivity index (χ0n) is 7.26. The lowest BCUT2D eigenvalue weighted by atomic mass is 10.7. The molecule has 0 unspecified atom stereocenters. The predicted octanol–water partition coefficient (Wildman–Crippen LogP) is 0.549. The van der Waals surface area contributed by atoms with E-state index in [0.717, 1.165) is 0 Å². The molecule has 0 aliphatic heterocycles. The van der Waals surface area contributed by atoms with Gasteiger partial charge in [0.25, 0.3) is 0 Å². The van der Waals surface area contributed by atoms with Gasteiger partial charge in [-0.05, 0) is 0 Å². The molecule has 6 nitrogen and oxygen atoms in total. The summed E-state index contributed by atoms with van der Waals surface area (Å²) in [5, 5.41) is 0. The largest absolute Gasteiger partial charge is 0.323 e. The Hall–Kier alpha value is -0.490. The minimum absolute atomic E-state index is 0.107. The number of hydrogen-bond donors (Lipinski definition) is 2. The van der Waals surface area contributed by atoms with Gasteiger partial charge in [-0.25, -0.2) is 0 Å². The van der Waals surface area contributed by atoms with Crippen molar-refractivity contribution < 1.29 is 14.2 Å². The fourth-order valence-electron chi connectivity index (χ4n) is 0.451. The van der Waals surface area contributed by atoms with Crippen molar-refractivity contribution in [1.82, 2.24) is 5.00 Å². The Labute approximate surface area is 77.2 Å². The van der Waals surface area contributed by atoms with Gasteiger partial charge in [0, 0.05) is 5.00 Å². The fraction of sp³-hybridized carbons (Fsp3) is 0.333. The van der Waals surface area contributed by atoms with Crippen molar-refractivity contribution in [2.24, 2.45) is 11.0 Å². The molecule has 0 saturated carbocycles. The summed E-state index contributed by atoms with van der Waals surface area (Å²) in [6.45, 7) is 7.01. The summed E-state index contributed by atoms with van der Waals surface area (Å²) >= 11 is 0. The van der Waals surface area contributed by atoms with Crippen LogP contribution in [0.4, 0.5) is 0 Å². The zero-order valence-corrected chi connectivity index (χ0v) is 8.15. The molecule has 7 heteroatoms. The van der Waals surface area contributed by atoms with Crippen LogP contribution < -0.4 is 11.0 Å². The summed E-state index contributed by atoms with van der Waals surface area (Å²) in [6, 6.07) is 0. The van der Waals surface area contributed by atoms with E-state index in [4.69, 9.17) is 20.7 Å². The first-order valence-electron chi connectivity index (χ1n) is 3.47. The van der Waals surface area contributed by atoms with Crippen LogP contribution in [-0.2, 0) is 14.2 Å². The highest BCUT2D eigenvalue weighted by molar-refractivity contribution is 7.56. The molecule has 0 fully saturated rings. The van der Waals surface area contributed by atoms with E-state index in [-0.39, 0.29) is 13.2 Å². The van der Waals surface area contributed by atoms with Gasteiger partial charge in [-0.15, -0.1) is 13.2 Å². The Morgan fingerprint density at radius 2 is 1.62 bits per heavy atom. The molecule has 0 rings (SSSR count). The van der Waals surface area contributed by atoms with Gasteiger partial charge < -0.3 is 0 Å². The second-order valence-corrected chi connectivity index (χ2v) is 3.75. The van der Waals surface area contributed by atoms with Gasteiger partial charge in [-0.1, -0.05) is 12.2 Å². The maximum atomic E-state index is 11.1. The summed E-state index contributed by atoms with van der Waals surface area (Å²) < 4.78 is 11.1. The Kier molecular flexibility index (Phi) is 5.81. The normalized spacial score (nSPS) is 11.6. The molecule has 76 valence electrons. The fourth-order valence-corrected chi connectivity index (χ4v) is 0.945. The highest BCUT2D eigenvalue weighted by atomic mass is 31.2. The molecule has 0 bridgehead atoms. The summed E-state index contributed by atoms with van der Waals surface area (Å²) in [5.41, 5.74) is 10.2. The summed E-state index contributed by atoms with van der Waals surface area (Å²) in [5.74, 6) is 0. The van der Waals surface area contributed by atoms with Gasteiger partial charge >= 0.3 is 7.59 Å². The van der Waals surface area contributed by atoms with Gasteiger partial charge in [0.1, 0.15) is 0 Å². The zero-order chi connectivity index (χ0) is 10.3. The number of nitrogens with zero attached hydrogens (tertiary/aromatic N) is 1. The maximum Gasteiger partial charge on any atom is 0.323 e. The average molecular weight is 207 g/mol. The van der Waals surface area contributed by atoms with Crippen molar-refractivity contribution in [3.05, 3.63) is 25.3 Å². The maximum absolute atomic E-state index is 11.1. The standard InChI is InChI=1S/C6H14N3O3P/c1-3-5-11-9(12-6-4-2)13(7,8)10/h3-4H,1-2,5-6H2,(H4,7,8,10). The second-order valence-electron chi connectivity index (χ2n) is 2.08. The van der Waals surface area contributed by atoms with Crippen molar-refractivity contribution >= 4 is 7.59 Å². The van der Waals surface area contributed by atoms with Crippen LogP contribution in [0.25, 0.3) is 0 Å². The molecular formula is C6H14N3O3P. The van der Waals surface area contributed by atoms with Crippen LogP contribution in [-0.4, -0.2) is 18.2 Å². The lowest BCUT2D eigenvalue weighted by Crippen LogP contribution is -2.29. The predicted molar refractivity (Wildman–Crippen MR) is 50.1 cm³/mol. The molecule has 0 aromatic heterocycles. The number of hydrogen-bond acceptors (Lipinski definition) is 3. The molecule has 0 aliphatic carbocycles. The van der Waals surface area contributed by atoms with E-state index in [1.54, 1.807) is 0 Å². The summed E-state index contributed by atoms with van der Waals surface area (Å²) in [6.07, 6.45) is 2.89. The highest BCUT2D eigenvalue weighted by Crippen LogP contribution is 2.31. The second kappa shape index (κ2) is 6.04. The van der Waals surface area contributed by atoms with Crippen molar-refractivity contribution in [2.75, 3.05) is 13.2 Å². The van der Waals surface area contributed by atoms with E-state index < -0.39 is 7.59 Å². The summed E-state index contributed by atoms with van der Waals surface area (Å²) in [4.78, 5) is 10.2. The lowest BCUT2D eigenvalue weighted by Gasteiger charge is -2.21. The lowest BCUT2D eigenvalue weighted by molar-refractivity contribution is -0.293. The SMILES string of the molecule is C=CCON(OCC=C)P(N)(N)=O. The minimum atomic E-state index is -3.54. The van der Waals surface area contributed by atoms with Crippen molar-refractivity contribution in [3.8, 4) is 0 Å². The van der Waals surface area contributed by atoms with Crippen LogP contribution in [0.15, 0.2) is 25.3 Å². The summed E-state index contributed by atoms with van der Waals surface area (Å²) in [7, 11) is -3.54. The highest BCUT2D eigenvalue weighted by Gasteiger charge is 2.22. The van der Waals surface area contributed by atoms with Crippen LogP contribution in [0.5, 0.6) is 0 Å². The average Bonchev–Trinajstić information content (AvgIpc) is 2.02. The molecule has 13 heavy (non-hydrogen) atoms. The molecule has 0 heterocycles. The quantitative estimate of drug-likeness (QED) is 0.360. The van der Waals surface area contributed by atoms with E-state index >= 15 is 0 Å². The van der Waals surface area contributed by atoms with Gasteiger partial charge in [-0.3, -0.25) is 25.2 Å². The topological polar surface area (TPSA) is 90.8 Å². The van der Waals surface area contributed by atoms with E-state index in [0.29, 0.717) is 5.00 Å².